The van der Waals surface area contributed by atoms with Gasteiger partial charge in [-0.05, 0) is 31.7 Å². The van der Waals surface area contributed by atoms with Crippen LogP contribution in [0.3, 0.4) is 0 Å². The Hall–Kier alpha value is -2.37. The van der Waals surface area contributed by atoms with Gasteiger partial charge in [0.2, 0.25) is 5.91 Å². The Labute approximate surface area is 142 Å². The van der Waals surface area contributed by atoms with Crippen LogP contribution in [0.1, 0.15) is 45.1 Å². The van der Waals surface area contributed by atoms with Crippen LogP contribution in [0.25, 0.3) is 0 Å². The standard InChI is InChI=1S/C18H25N3O3/c1-13(14-8-5-4-6-9-14)12-19-15(22)10-7-11-21-16(23)18(2,3)20-17(21)24/h4-6,8-9,13H,7,10-12H2,1-3H3,(H,19,22)(H,20,24)/t13-/m0/s1. The summed E-state index contributed by atoms with van der Waals surface area (Å²) in [7, 11) is 0. The molecule has 2 N–H and O–H groups in total. The molecule has 1 aromatic carbocycles. The van der Waals surface area contributed by atoms with E-state index in [1.807, 2.05) is 30.3 Å². The number of amides is 4. The first-order valence-corrected chi connectivity index (χ1v) is 8.27. The number of hydrogen-bond acceptors (Lipinski definition) is 3. The van der Waals surface area contributed by atoms with E-state index in [-0.39, 0.29) is 30.3 Å². The zero-order valence-electron chi connectivity index (χ0n) is 14.5. The first kappa shape index (κ1) is 18.0. The normalized spacial score (nSPS) is 17.5. The highest BCUT2D eigenvalue weighted by atomic mass is 16.2. The summed E-state index contributed by atoms with van der Waals surface area (Å²) < 4.78 is 0. The minimum atomic E-state index is -0.857. The fourth-order valence-corrected chi connectivity index (χ4v) is 2.67. The molecule has 130 valence electrons. The Morgan fingerprint density at radius 2 is 1.92 bits per heavy atom. The Kier molecular flexibility index (Phi) is 5.59. The number of urea groups is 1. The van der Waals surface area contributed by atoms with Gasteiger partial charge in [0.25, 0.3) is 5.91 Å². The monoisotopic (exact) mass is 331 g/mol. The van der Waals surface area contributed by atoms with Crippen molar-refractivity contribution >= 4 is 17.8 Å². The molecule has 1 atom stereocenters. The van der Waals surface area contributed by atoms with Gasteiger partial charge in [-0.1, -0.05) is 37.3 Å². The third-order valence-corrected chi connectivity index (χ3v) is 4.20. The lowest BCUT2D eigenvalue weighted by Gasteiger charge is -2.16. The van der Waals surface area contributed by atoms with Gasteiger partial charge in [-0.2, -0.15) is 0 Å². The maximum atomic E-state index is 12.0. The van der Waals surface area contributed by atoms with Crippen LogP contribution in [-0.2, 0) is 9.59 Å². The molecule has 0 aliphatic carbocycles. The van der Waals surface area contributed by atoms with Crippen LogP contribution in [0.2, 0.25) is 0 Å². The highest BCUT2D eigenvalue weighted by Gasteiger charge is 2.43. The molecule has 1 saturated heterocycles. The Balaban J connectivity index is 1.70. The molecule has 0 unspecified atom stereocenters. The summed E-state index contributed by atoms with van der Waals surface area (Å²) in [4.78, 5) is 36.9. The Morgan fingerprint density at radius 3 is 2.50 bits per heavy atom. The van der Waals surface area contributed by atoms with Crippen molar-refractivity contribution in [2.75, 3.05) is 13.1 Å². The average molecular weight is 331 g/mol. The smallest absolute Gasteiger partial charge is 0.325 e. The zero-order chi connectivity index (χ0) is 17.7. The summed E-state index contributed by atoms with van der Waals surface area (Å²) in [5.41, 5.74) is 0.323. The van der Waals surface area contributed by atoms with Crippen LogP contribution in [0.5, 0.6) is 0 Å². The number of carbonyl (C=O) groups excluding carboxylic acids is 3. The minimum Gasteiger partial charge on any atom is -0.356 e. The van der Waals surface area contributed by atoms with Crippen molar-refractivity contribution in [1.82, 2.24) is 15.5 Å². The van der Waals surface area contributed by atoms with Crippen molar-refractivity contribution in [2.45, 2.75) is 45.1 Å². The number of carbonyl (C=O) groups is 3. The van der Waals surface area contributed by atoms with E-state index in [9.17, 15) is 14.4 Å². The Bertz CT molecular complexity index is 613. The highest BCUT2D eigenvalue weighted by molar-refractivity contribution is 6.06. The minimum absolute atomic E-state index is 0.0657. The van der Waals surface area contributed by atoms with Gasteiger partial charge >= 0.3 is 6.03 Å². The van der Waals surface area contributed by atoms with Crippen LogP contribution in [0.4, 0.5) is 4.79 Å². The van der Waals surface area contributed by atoms with E-state index in [4.69, 9.17) is 0 Å². The highest BCUT2D eigenvalue weighted by Crippen LogP contribution is 2.17. The molecule has 0 bridgehead atoms. The van der Waals surface area contributed by atoms with Gasteiger partial charge in [-0.3, -0.25) is 14.5 Å². The van der Waals surface area contributed by atoms with Gasteiger partial charge in [-0.25, -0.2) is 4.79 Å². The molecule has 1 heterocycles. The van der Waals surface area contributed by atoms with Crippen molar-refractivity contribution in [2.24, 2.45) is 0 Å². The summed E-state index contributed by atoms with van der Waals surface area (Å²) >= 11 is 0. The van der Waals surface area contributed by atoms with Crippen LogP contribution in [0.15, 0.2) is 30.3 Å². The van der Waals surface area contributed by atoms with Gasteiger partial charge in [-0.15, -0.1) is 0 Å². The molecule has 4 amide bonds. The van der Waals surface area contributed by atoms with Gasteiger partial charge in [0, 0.05) is 19.5 Å². The van der Waals surface area contributed by atoms with Crippen molar-refractivity contribution in [3.63, 3.8) is 0 Å². The molecule has 0 saturated carbocycles. The van der Waals surface area contributed by atoms with Crippen LogP contribution in [0, 0.1) is 0 Å². The van der Waals surface area contributed by atoms with E-state index in [2.05, 4.69) is 17.6 Å². The van der Waals surface area contributed by atoms with Crippen molar-refractivity contribution in [1.29, 1.82) is 0 Å². The van der Waals surface area contributed by atoms with Gasteiger partial charge in [0.05, 0.1) is 0 Å². The molecule has 0 spiro atoms. The molecule has 0 radical (unpaired) electrons. The largest absolute Gasteiger partial charge is 0.356 e. The predicted octanol–water partition coefficient (Wildman–Crippen LogP) is 2.02. The van der Waals surface area contributed by atoms with Crippen molar-refractivity contribution < 1.29 is 14.4 Å². The molecular weight excluding hydrogens is 306 g/mol. The second-order valence-electron chi connectivity index (χ2n) is 6.73. The van der Waals surface area contributed by atoms with E-state index < -0.39 is 5.54 Å². The lowest BCUT2D eigenvalue weighted by molar-refractivity contribution is -0.130. The van der Waals surface area contributed by atoms with Gasteiger partial charge in [0.1, 0.15) is 5.54 Å². The van der Waals surface area contributed by atoms with Crippen LogP contribution < -0.4 is 10.6 Å². The fraction of sp³-hybridized carbons (Fsp3) is 0.500. The number of hydrogen-bond donors (Lipinski definition) is 2. The van der Waals surface area contributed by atoms with Crippen molar-refractivity contribution in [3.8, 4) is 0 Å². The van der Waals surface area contributed by atoms with E-state index in [1.165, 1.54) is 10.5 Å². The van der Waals surface area contributed by atoms with Crippen LogP contribution in [-0.4, -0.2) is 41.4 Å². The summed E-state index contributed by atoms with van der Waals surface area (Å²) in [6.45, 7) is 6.23. The second kappa shape index (κ2) is 7.47. The topological polar surface area (TPSA) is 78.5 Å². The van der Waals surface area contributed by atoms with E-state index in [0.717, 1.165) is 0 Å². The van der Waals surface area contributed by atoms with Crippen molar-refractivity contribution in [3.05, 3.63) is 35.9 Å². The first-order chi connectivity index (χ1) is 11.3. The molecule has 6 heteroatoms. The van der Waals surface area contributed by atoms with E-state index in [1.54, 1.807) is 13.8 Å². The third kappa shape index (κ3) is 4.34. The number of benzene rings is 1. The molecule has 24 heavy (non-hydrogen) atoms. The molecule has 0 aromatic heterocycles. The Morgan fingerprint density at radius 1 is 1.25 bits per heavy atom. The SMILES string of the molecule is C[C@@H](CNC(=O)CCCN1C(=O)NC(C)(C)C1=O)c1ccccc1. The maximum absolute atomic E-state index is 12.0. The van der Waals surface area contributed by atoms with Gasteiger partial charge in [0.15, 0.2) is 0 Å². The van der Waals surface area contributed by atoms with E-state index >= 15 is 0 Å². The predicted molar refractivity (Wildman–Crippen MR) is 91.4 cm³/mol. The molecule has 6 nitrogen and oxygen atoms in total. The summed E-state index contributed by atoms with van der Waals surface area (Å²) in [6.07, 6.45) is 0.750. The molecule has 1 aliphatic rings. The lowest BCUT2D eigenvalue weighted by Crippen LogP contribution is -2.40. The average Bonchev–Trinajstić information content (AvgIpc) is 2.75. The van der Waals surface area contributed by atoms with E-state index in [0.29, 0.717) is 19.4 Å². The molecule has 1 fully saturated rings. The fourth-order valence-electron chi connectivity index (χ4n) is 2.67. The summed E-state index contributed by atoms with van der Waals surface area (Å²) in [5, 5.41) is 5.53. The summed E-state index contributed by atoms with van der Waals surface area (Å²) in [5.74, 6) is -0.0726. The molecular formula is C18H25N3O3. The number of rotatable bonds is 7. The number of nitrogens with one attached hydrogen (secondary N) is 2. The second-order valence-corrected chi connectivity index (χ2v) is 6.73. The lowest BCUT2D eigenvalue weighted by atomic mass is 10.0. The first-order valence-electron chi connectivity index (χ1n) is 8.27. The molecule has 1 aliphatic heterocycles. The quantitative estimate of drug-likeness (QED) is 0.750. The zero-order valence-corrected chi connectivity index (χ0v) is 14.5. The number of nitrogens with zero attached hydrogens (tertiary/aromatic N) is 1. The van der Waals surface area contributed by atoms with Gasteiger partial charge < -0.3 is 10.6 Å². The molecule has 1 aromatic rings. The number of imide groups is 1. The molecule has 2 rings (SSSR count). The summed E-state index contributed by atoms with van der Waals surface area (Å²) in [6, 6.07) is 9.61. The van der Waals surface area contributed by atoms with Crippen LogP contribution >= 0.6 is 0 Å². The maximum Gasteiger partial charge on any atom is 0.325 e. The third-order valence-electron chi connectivity index (χ3n) is 4.20.